The first-order valence-corrected chi connectivity index (χ1v) is 7.89. The summed E-state index contributed by atoms with van der Waals surface area (Å²) < 4.78 is 4.95. The largest absolute Gasteiger partial charge is 0.450 e. The summed E-state index contributed by atoms with van der Waals surface area (Å²) in [5.74, 6) is -0.438. The number of carbonyl (C=O) groups is 2. The molecule has 0 aromatic heterocycles. The number of rotatable bonds is 4. The second-order valence-electron chi connectivity index (χ2n) is 5.58. The van der Waals surface area contributed by atoms with Crippen molar-refractivity contribution >= 4 is 17.7 Å². The number of hydrogen-bond donors (Lipinski definition) is 0. The molecule has 2 amide bonds. The Morgan fingerprint density at radius 1 is 1.17 bits per heavy atom. The van der Waals surface area contributed by atoms with Gasteiger partial charge in [0.05, 0.1) is 17.4 Å². The molecule has 0 N–H and O–H groups in total. The fourth-order valence-corrected chi connectivity index (χ4v) is 2.63. The predicted octanol–water partition coefficient (Wildman–Crippen LogP) is 2.00. The summed E-state index contributed by atoms with van der Waals surface area (Å²) >= 11 is 0. The summed E-state index contributed by atoms with van der Waals surface area (Å²) in [5.41, 5.74) is 0.736. The van der Waals surface area contributed by atoms with Crippen LogP contribution >= 0.6 is 0 Å². The second-order valence-corrected chi connectivity index (χ2v) is 5.58. The molecule has 0 unspecified atom stereocenters. The van der Waals surface area contributed by atoms with Crippen LogP contribution in [-0.4, -0.2) is 59.5 Å². The molecule has 0 bridgehead atoms. The zero-order valence-corrected chi connectivity index (χ0v) is 13.8. The lowest BCUT2D eigenvalue weighted by atomic mass is 9.99. The van der Waals surface area contributed by atoms with Gasteiger partial charge in [-0.3, -0.25) is 14.9 Å². The fraction of sp³-hybridized carbons (Fsp3) is 0.500. The quantitative estimate of drug-likeness (QED) is 0.620. The Morgan fingerprint density at radius 2 is 1.71 bits per heavy atom. The van der Waals surface area contributed by atoms with Crippen LogP contribution in [0, 0.1) is 10.1 Å². The number of nitro benzene ring substituents is 1. The topological polar surface area (TPSA) is 93.0 Å². The van der Waals surface area contributed by atoms with Crippen LogP contribution in [0.4, 0.5) is 10.5 Å². The highest BCUT2D eigenvalue weighted by Gasteiger charge is 2.28. The minimum absolute atomic E-state index is 0.00134. The summed E-state index contributed by atoms with van der Waals surface area (Å²) in [6.45, 7) is 5.65. The van der Waals surface area contributed by atoms with E-state index in [0.29, 0.717) is 32.8 Å². The molecule has 1 saturated heterocycles. The van der Waals surface area contributed by atoms with Crippen molar-refractivity contribution in [3.63, 3.8) is 0 Å². The highest BCUT2D eigenvalue weighted by Crippen LogP contribution is 2.22. The Hall–Kier alpha value is -2.64. The molecule has 1 fully saturated rings. The van der Waals surface area contributed by atoms with Crippen LogP contribution < -0.4 is 0 Å². The number of nitrogens with zero attached hydrogens (tertiary/aromatic N) is 3. The Balaban J connectivity index is 1.94. The lowest BCUT2D eigenvalue weighted by Gasteiger charge is -2.35. The summed E-state index contributed by atoms with van der Waals surface area (Å²) in [7, 11) is 0. The molecule has 1 aromatic carbocycles. The first-order valence-electron chi connectivity index (χ1n) is 7.89. The van der Waals surface area contributed by atoms with Crippen molar-refractivity contribution < 1.29 is 19.2 Å². The maximum absolute atomic E-state index is 12.6. The number of hydrogen-bond acceptors (Lipinski definition) is 5. The number of non-ortho nitro benzene ring substituents is 1. The van der Waals surface area contributed by atoms with Crippen LogP contribution in [0.2, 0.25) is 0 Å². The van der Waals surface area contributed by atoms with E-state index < -0.39 is 4.92 Å². The van der Waals surface area contributed by atoms with E-state index in [4.69, 9.17) is 4.74 Å². The van der Waals surface area contributed by atoms with Gasteiger partial charge in [-0.25, -0.2) is 4.79 Å². The van der Waals surface area contributed by atoms with Crippen molar-refractivity contribution in [2.75, 3.05) is 32.8 Å². The van der Waals surface area contributed by atoms with Crippen molar-refractivity contribution in [2.24, 2.45) is 0 Å². The maximum atomic E-state index is 12.6. The molecule has 130 valence electrons. The van der Waals surface area contributed by atoms with Crippen LogP contribution in [0.3, 0.4) is 0 Å². The number of amides is 2. The van der Waals surface area contributed by atoms with Crippen LogP contribution in [0.1, 0.15) is 25.3 Å². The SMILES string of the molecule is CCOC(=O)N1CCN(C(=O)[C@@H](C)c2ccc([N+](=O)[O-])cc2)CC1. The number of benzene rings is 1. The van der Waals surface area contributed by atoms with E-state index in [1.165, 1.54) is 12.1 Å². The lowest BCUT2D eigenvalue weighted by Crippen LogP contribution is -2.51. The van der Waals surface area contributed by atoms with Crippen molar-refractivity contribution in [2.45, 2.75) is 19.8 Å². The molecule has 8 nitrogen and oxygen atoms in total. The molecule has 0 spiro atoms. The van der Waals surface area contributed by atoms with Crippen molar-refractivity contribution in [1.29, 1.82) is 0 Å². The Kier molecular flexibility index (Phi) is 5.73. The van der Waals surface area contributed by atoms with Crippen molar-refractivity contribution in [3.8, 4) is 0 Å². The van der Waals surface area contributed by atoms with Gasteiger partial charge in [0.25, 0.3) is 5.69 Å². The molecule has 1 aromatic rings. The Bertz CT molecular complexity index is 609. The summed E-state index contributed by atoms with van der Waals surface area (Å²) in [4.78, 5) is 37.8. The average molecular weight is 335 g/mol. The molecule has 1 heterocycles. The van der Waals surface area contributed by atoms with Crippen LogP contribution in [0.5, 0.6) is 0 Å². The van der Waals surface area contributed by atoms with Gasteiger partial charge in [-0.2, -0.15) is 0 Å². The fourth-order valence-electron chi connectivity index (χ4n) is 2.63. The van der Waals surface area contributed by atoms with Crippen LogP contribution in [0.25, 0.3) is 0 Å². The average Bonchev–Trinajstić information content (AvgIpc) is 2.61. The molecule has 0 radical (unpaired) electrons. The first-order chi connectivity index (χ1) is 11.4. The third kappa shape index (κ3) is 4.01. The van der Waals surface area contributed by atoms with Crippen molar-refractivity contribution in [1.82, 2.24) is 9.80 Å². The second kappa shape index (κ2) is 7.76. The molecule has 2 rings (SSSR count). The summed E-state index contributed by atoms with van der Waals surface area (Å²) in [6, 6.07) is 6.01. The molecule has 24 heavy (non-hydrogen) atoms. The van der Waals surface area contributed by atoms with E-state index in [1.54, 1.807) is 35.8 Å². The molecule has 1 aliphatic heterocycles. The molecule has 1 aliphatic rings. The Morgan fingerprint density at radius 3 is 2.21 bits per heavy atom. The molecular weight excluding hydrogens is 314 g/mol. The lowest BCUT2D eigenvalue weighted by molar-refractivity contribution is -0.384. The van der Waals surface area contributed by atoms with E-state index in [-0.39, 0.29) is 23.6 Å². The van der Waals surface area contributed by atoms with Crippen LogP contribution in [0.15, 0.2) is 24.3 Å². The van der Waals surface area contributed by atoms with Gasteiger partial charge in [-0.15, -0.1) is 0 Å². The van der Waals surface area contributed by atoms with Crippen molar-refractivity contribution in [3.05, 3.63) is 39.9 Å². The van der Waals surface area contributed by atoms with Gasteiger partial charge in [-0.05, 0) is 19.4 Å². The first kappa shape index (κ1) is 17.7. The zero-order chi connectivity index (χ0) is 17.7. The molecule has 8 heteroatoms. The van der Waals surface area contributed by atoms with Gasteiger partial charge in [0.15, 0.2) is 0 Å². The van der Waals surface area contributed by atoms with Gasteiger partial charge in [0.2, 0.25) is 5.91 Å². The molecule has 0 saturated carbocycles. The molecule has 0 aliphatic carbocycles. The molecular formula is C16H21N3O5. The van der Waals surface area contributed by atoms with Gasteiger partial charge >= 0.3 is 6.09 Å². The standard InChI is InChI=1S/C16H21N3O5/c1-3-24-16(21)18-10-8-17(9-11-18)15(20)12(2)13-4-6-14(7-5-13)19(22)23/h4-7,12H,3,8-11H2,1-2H3/t12-/m0/s1. The summed E-state index contributed by atoms with van der Waals surface area (Å²) in [5, 5.41) is 10.7. The van der Waals surface area contributed by atoms with Gasteiger partial charge in [0.1, 0.15) is 0 Å². The third-order valence-corrected chi connectivity index (χ3v) is 4.09. The number of nitro groups is 1. The number of ether oxygens (including phenoxy) is 1. The monoisotopic (exact) mass is 335 g/mol. The normalized spacial score (nSPS) is 15.8. The molecule has 1 atom stereocenters. The summed E-state index contributed by atoms with van der Waals surface area (Å²) in [6.07, 6.45) is -0.354. The van der Waals surface area contributed by atoms with Gasteiger partial charge < -0.3 is 14.5 Å². The number of piperazine rings is 1. The number of carbonyl (C=O) groups excluding carboxylic acids is 2. The van der Waals surface area contributed by atoms with E-state index >= 15 is 0 Å². The minimum Gasteiger partial charge on any atom is -0.450 e. The van der Waals surface area contributed by atoms with E-state index in [0.717, 1.165) is 5.56 Å². The van der Waals surface area contributed by atoms with E-state index in [1.807, 2.05) is 0 Å². The predicted molar refractivity (Wildman–Crippen MR) is 86.7 cm³/mol. The minimum atomic E-state index is -0.467. The van der Waals surface area contributed by atoms with Gasteiger partial charge in [-0.1, -0.05) is 12.1 Å². The van der Waals surface area contributed by atoms with E-state index in [2.05, 4.69) is 0 Å². The maximum Gasteiger partial charge on any atom is 0.409 e. The van der Waals surface area contributed by atoms with E-state index in [9.17, 15) is 19.7 Å². The van der Waals surface area contributed by atoms with Gasteiger partial charge in [0, 0.05) is 38.3 Å². The van der Waals surface area contributed by atoms with Crippen LogP contribution in [-0.2, 0) is 9.53 Å². The zero-order valence-electron chi connectivity index (χ0n) is 13.8. The third-order valence-electron chi connectivity index (χ3n) is 4.09. The highest BCUT2D eigenvalue weighted by molar-refractivity contribution is 5.83. The highest BCUT2D eigenvalue weighted by atomic mass is 16.6. The Labute approximate surface area is 140 Å². The smallest absolute Gasteiger partial charge is 0.409 e.